The minimum atomic E-state index is 0.473. The van der Waals surface area contributed by atoms with E-state index in [0.29, 0.717) is 5.54 Å². The SMILES string of the molecule is CC.Cc1cccc(N2CC3CC32C)n1. The Morgan fingerprint density at radius 2 is 2.13 bits per heavy atom. The minimum absolute atomic E-state index is 0.473. The Bertz CT molecular complexity index is 361. The Kier molecular flexibility index (Phi) is 2.45. The van der Waals surface area contributed by atoms with Gasteiger partial charge < -0.3 is 4.90 Å². The van der Waals surface area contributed by atoms with Gasteiger partial charge in [0.25, 0.3) is 0 Å². The van der Waals surface area contributed by atoms with Gasteiger partial charge in [0, 0.05) is 23.7 Å². The molecule has 2 nitrogen and oxygen atoms in total. The summed E-state index contributed by atoms with van der Waals surface area (Å²) >= 11 is 0. The van der Waals surface area contributed by atoms with Gasteiger partial charge in [-0.25, -0.2) is 4.98 Å². The highest BCUT2D eigenvalue weighted by Gasteiger charge is 2.63. The maximum Gasteiger partial charge on any atom is 0.129 e. The second-order valence-electron chi connectivity index (χ2n) is 4.51. The van der Waals surface area contributed by atoms with Crippen LogP contribution >= 0.6 is 0 Å². The zero-order chi connectivity index (χ0) is 11.1. The van der Waals surface area contributed by atoms with Crippen molar-refractivity contribution in [1.82, 2.24) is 4.98 Å². The summed E-state index contributed by atoms with van der Waals surface area (Å²) in [6, 6.07) is 6.26. The van der Waals surface area contributed by atoms with Crippen LogP contribution in [0, 0.1) is 12.8 Å². The number of nitrogens with zero attached hydrogens (tertiary/aromatic N) is 2. The fraction of sp³-hybridized carbons (Fsp3) is 0.615. The molecule has 1 aromatic rings. The summed E-state index contributed by atoms with van der Waals surface area (Å²) in [5.41, 5.74) is 1.59. The number of anilines is 1. The molecule has 15 heavy (non-hydrogen) atoms. The van der Waals surface area contributed by atoms with Crippen LogP contribution in [0.5, 0.6) is 0 Å². The lowest BCUT2D eigenvalue weighted by Crippen LogP contribution is -2.48. The van der Waals surface area contributed by atoms with Crippen molar-refractivity contribution in [2.24, 2.45) is 5.92 Å². The minimum Gasteiger partial charge on any atom is -0.350 e. The Morgan fingerprint density at radius 1 is 1.40 bits per heavy atom. The molecule has 2 aliphatic rings. The lowest BCUT2D eigenvalue weighted by atomic mass is 10.1. The van der Waals surface area contributed by atoms with Crippen LogP contribution in [0.1, 0.15) is 32.9 Å². The average molecular weight is 204 g/mol. The number of aryl methyl sites for hydroxylation is 1. The molecular weight excluding hydrogens is 184 g/mol. The van der Waals surface area contributed by atoms with Gasteiger partial charge in [0.15, 0.2) is 0 Å². The fourth-order valence-electron chi connectivity index (χ4n) is 2.38. The van der Waals surface area contributed by atoms with E-state index in [-0.39, 0.29) is 0 Å². The topological polar surface area (TPSA) is 16.1 Å². The van der Waals surface area contributed by atoms with Crippen LogP contribution < -0.4 is 4.90 Å². The van der Waals surface area contributed by atoms with Crippen LogP contribution in [0.3, 0.4) is 0 Å². The Morgan fingerprint density at radius 3 is 2.60 bits per heavy atom. The highest BCUT2D eigenvalue weighted by atomic mass is 15.4. The molecule has 2 fully saturated rings. The van der Waals surface area contributed by atoms with Crippen molar-refractivity contribution in [1.29, 1.82) is 0 Å². The molecule has 2 unspecified atom stereocenters. The maximum absolute atomic E-state index is 4.54. The Labute approximate surface area is 92.3 Å². The molecule has 2 atom stereocenters. The molecule has 0 spiro atoms. The van der Waals surface area contributed by atoms with Gasteiger partial charge in [-0.2, -0.15) is 0 Å². The van der Waals surface area contributed by atoms with E-state index in [0.717, 1.165) is 17.4 Å². The third-order valence-electron chi connectivity index (χ3n) is 3.55. The monoisotopic (exact) mass is 204 g/mol. The molecule has 82 valence electrons. The van der Waals surface area contributed by atoms with Gasteiger partial charge in [-0.1, -0.05) is 19.9 Å². The molecule has 2 heteroatoms. The van der Waals surface area contributed by atoms with Crippen molar-refractivity contribution in [3.63, 3.8) is 0 Å². The molecule has 1 aliphatic heterocycles. The molecule has 2 heterocycles. The van der Waals surface area contributed by atoms with Crippen LogP contribution in [-0.4, -0.2) is 17.1 Å². The normalized spacial score (nSPS) is 30.9. The molecule has 0 radical (unpaired) electrons. The molecule has 1 aromatic heterocycles. The second-order valence-corrected chi connectivity index (χ2v) is 4.51. The quantitative estimate of drug-likeness (QED) is 0.699. The third-order valence-corrected chi connectivity index (χ3v) is 3.55. The predicted octanol–water partition coefficient (Wildman–Crippen LogP) is 3.01. The molecular formula is C13H20N2. The molecule has 1 saturated heterocycles. The van der Waals surface area contributed by atoms with Crippen molar-refractivity contribution in [3.05, 3.63) is 23.9 Å². The number of hydrogen-bond acceptors (Lipinski definition) is 2. The highest BCUT2D eigenvalue weighted by molar-refractivity contribution is 5.52. The van der Waals surface area contributed by atoms with Gasteiger partial charge in [-0.3, -0.25) is 0 Å². The standard InChI is InChI=1S/C11H14N2.C2H6/c1-8-4-3-5-10(12-8)13-7-9-6-11(9,13)2;1-2/h3-5,9H,6-7H2,1-2H3;1-2H3. The third kappa shape index (κ3) is 1.52. The van der Waals surface area contributed by atoms with E-state index < -0.39 is 0 Å². The highest BCUT2D eigenvalue weighted by Crippen LogP contribution is 2.58. The first kappa shape index (κ1) is 10.5. The molecule has 0 amide bonds. The summed E-state index contributed by atoms with van der Waals surface area (Å²) in [6.45, 7) is 9.61. The zero-order valence-electron chi connectivity index (χ0n) is 10.1. The predicted molar refractivity (Wildman–Crippen MR) is 64.2 cm³/mol. The van der Waals surface area contributed by atoms with Crippen molar-refractivity contribution < 1.29 is 0 Å². The van der Waals surface area contributed by atoms with Gasteiger partial charge in [0.1, 0.15) is 5.82 Å². The van der Waals surface area contributed by atoms with Crippen LogP contribution in [0.25, 0.3) is 0 Å². The summed E-state index contributed by atoms with van der Waals surface area (Å²) in [5.74, 6) is 2.12. The zero-order valence-corrected chi connectivity index (χ0v) is 10.1. The maximum atomic E-state index is 4.54. The van der Waals surface area contributed by atoms with E-state index in [2.05, 4.69) is 41.9 Å². The molecule has 0 aromatic carbocycles. The molecule has 0 N–H and O–H groups in total. The Hall–Kier alpha value is -1.05. The van der Waals surface area contributed by atoms with Crippen molar-refractivity contribution in [2.75, 3.05) is 11.4 Å². The number of aromatic nitrogens is 1. The van der Waals surface area contributed by atoms with Crippen molar-refractivity contribution >= 4 is 5.82 Å². The first-order chi connectivity index (χ1) is 7.20. The average Bonchev–Trinajstić information content (AvgIpc) is 2.75. The number of fused-ring (bicyclic) bond motifs is 1. The Balaban J connectivity index is 0.000000404. The number of hydrogen-bond donors (Lipinski definition) is 0. The number of pyridine rings is 1. The molecule has 1 aliphatic carbocycles. The molecule has 0 bridgehead atoms. The van der Waals surface area contributed by atoms with Crippen molar-refractivity contribution in [2.45, 2.75) is 39.7 Å². The van der Waals surface area contributed by atoms with Gasteiger partial charge in [0.05, 0.1) is 0 Å². The van der Waals surface area contributed by atoms with Gasteiger partial charge in [-0.15, -0.1) is 0 Å². The largest absolute Gasteiger partial charge is 0.350 e. The number of rotatable bonds is 1. The van der Waals surface area contributed by atoms with Gasteiger partial charge in [0.2, 0.25) is 0 Å². The summed E-state index contributed by atoms with van der Waals surface area (Å²) in [6.07, 6.45) is 1.36. The van der Waals surface area contributed by atoms with Gasteiger partial charge in [-0.05, 0) is 32.4 Å². The summed E-state index contributed by atoms with van der Waals surface area (Å²) < 4.78 is 0. The first-order valence-corrected chi connectivity index (χ1v) is 5.91. The summed E-state index contributed by atoms with van der Waals surface area (Å²) in [7, 11) is 0. The van der Waals surface area contributed by atoms with Crippen molar-refractivity contribution in [3.8, 4) is 0 Å². The van der Waals surface area contributed by atoms with Crippen LogP contribution in [0.15, 0.2) is 18.2 Å². The summed E-state index contributed by atoms with van der Waals surface area (Å²) in [4.78, 5) is 6.98. The van der Waals surface area contributed by atoms with E-state index in [1.807, 2.05) is 13.8 Å². The van der Waals surface area contributed by atoms with E-state index in [4.69, 9.17) is 0 Å². The lowest BCUT2D eigenvalue weighted by molar-refractivity contribution is 0.458. The van der Waals surface area contributed by atoms with Crippen LogP contribution in [0.2, 0.25) is 0 Å². The van der Waals surface area contributed by atoms with Gasteiger partial charge >= 0.3 is 0 Å². The summed E-state index contributed by atoms with van der Waals surface area (Å²) in [5, 5.41) is 0. The van der Waals surface area contributed by atoms with E-state index in [1.165, 1.54) is 13.0 Å². The van der Waals surface area contributed by atoms with E-state index in [1.54, 1.807) is 0 Å². The lowest BCUT2D eigenvalue weighted by Gasteiger charge is -2.39. The fourth-order valence-corrected chi connectivity index (χ4v) is 2.38. The first-order valence-electron chi connectivity index (χ1n) is 5.91. The second kappa shape index (κ2) is 3.51. The molecule has 3 rings (SSSR count). The molecule has 1 saturated carbocycles. The van der Waals surface area contributed by atoms with E-state index >= 15 is 0 Å². The van der Waals surface area contributed by atoms with E-state index in [9.17, 15) is 0 Å². The smallest absolute Gasteiger partial charge is 0.129 e. The van der Waals surface area contributed by atoms with Crippen LogP contribution in [-0.2, 0) is 0 Å². The van der Waals surface area contributed by atoms with Crippen LogP contribution in [0.4, 0.5) is 5.82 Å².